The van der Waals surface area contributed by atoms with Crippen LogP contribution in [0, 0.1) is 17.3 Å². The molecule has 0 saturated carbocycles. The molecule has 2 atom stereocenters. The third kappa shape index (κ3) is 6.03. The summed E-state index contributed by atoms with van der Waals surface area (Å²) in [5.41, 5.74) is 2.03. The molecule has 180 valence electrons. The Hall–Kier alpha value is -2.21. The van der Waals surface area contributed by atoms with E-state index in [9.17, 15) is 14.1 Å². The van der Waals surface area contributed by atoms with Crippen LogP contribution in [0.25, 0.3) is 0 Å². The molecule has 7 nitrogen and oxygen atoms in total. The SMILES string of the molecule is CC(C)(C)OC(=O)N1CCC2(CC1)Cc1ccc(C#CC(=O)O)cc1[C@H]2N[S+]([O-])C(C)(C)C. The fourth-order valence-corrected chi connectivity index (χ4v) is 5.38. The Balaban J connectivity index is 1.88. The molecular formula is C25H34N2O5S. The summed E-state index contributed by atoms with van der Waals surface area (Å²) in [5, 5.41) is 8.90. The van der Waals surface area contributed by atoms with Crippen molar-refractivity contribution < 1.29 is 24.0 Å². The van der Waals surface area contributed by atoms with Gasteiger partial charge >= 0.3 is 12.1 Å². The molecule has 2 aliphatic rings. The fourth-order valence-electron chi connectivity index (χ4n) is 4.44. The first-order chi connectivity index (χ1) is 15.2. The molecular weight excluding hydrogens is 440 g/mol. The maximum Gasteiger partial charge on any atom is 0.410 e. The monoisotopic (exact) mass is 474 g/mol. The molecule has 1 spiro atoms. The number of nitrogens with zero attached hydrogens (tertiary/aromatic N) is 1. The molecule has 1 aromatic carbocycles. The Kier molecular flexibility index (Phi) is 7.09. The number of hydrogen-bond donors (Lipinski definition) is 2. The van der Waals surface area contributed by atoms with Crippen LogP contribution in [-0.4, -0.2) is 50.1 Å². The molecule has 1 aromatic rings. The lowest BCUT2D eigenvalue weighted by atomic mass is 9.73. The van der Waals surface area contributed by atoms with Crippen LogP contribution in [0.1, 0.15) is 77.1 Å². The van der Waals surface area contributed by atoms with Crippen molar-refractivity contribution in [2.24, 2.45) is 5.41 Å². The normalized spacial score (nSPS) is 20.6. The van der Waals surface area contributed by atoms with Crippen LogP contribution in [0.2, 0.25) is 0 Å². The zero-order valence-corrected chi connectivity index (χ0v) is 21.1. The molecule has 1 saturated heterocycles. The molecule has 1 heterocycles. The molecule has 1 aliphatic heterocycles. The Bertz CT molecular complexity index is 975. The van der Waals surface area contributed by atoms with Gasteiger partial charge in [-0.15, -0.1) is 4.72 Å². The first-order valence-electron chi connectivity index (χ1n) is 11.2. The third-order valence-electron chi connectivity index (χ3n) is 6.12. The van der Waals surface area contributed by atoms with Gasteiger partial charge < -0.3 is 19.3 Å². The van der Waals surface area contributed by atoms with E-state index in [1.165, 1.54) is 0 Å². The van der Waals surface area contributed by atoms with Gasteiger partial charge in [0.05, 0.1) is 6.04 Å². The minimum absolute atomic E-state index is 0.181. The number of hydrogen-bond acceptors (Lipinski definition) is 5. The molecule has 33 heavy (non-hydrogen) atoms. The molecule has 1 fully saturated rings. The van der Waals surface area contributed by atoms with E-state index in [0.717, 1.165) is 30.4 Å². The van der Waals surface area contributed by atoms with Crippen molar-refractivity contribution >= 4 is 23.4 Å². The van der Waals surface area contributed by atoms with Gasteiger partial charge in [0.1, 0.15) is 10.3 Å². The number of carbonyl (C=O) groups excluding carboxylic acids is 1. The van der Waals surface area contributed by atoms with E-state index in [2.05, 4.69) is 16.6 Å². The van der Waals surface area contributed by atoms with Gasteiger partial charge in [0, 0.05) is 41.4 Å². The van der Waals surface area contributed by atoms with Gasteiger partial charge in [-0.2, -0.15) is 0 Å². The summed E-state index contributed by atoms with van der Waals surface area (Å²) in [7, 11) is 0. The lowest BCUT2D eigenvalue weighted by molar-refractivity contribution is -0.130. The van der Waals surface area contributed by atoms with Gasteiger partial charge in [-0.1, -0.05) is 12.0 Å². The number of nitrogens with one attached hydrogen (secondary N) is 1. The van der Waals surface area contributed by atoms with Crippen molar-refractivity contribution in [1.29, 1.82) is 0 Å². The molecule has 1 aliphatic carbocycles. The first kappa shape index (κ1) is 25.4. The standard InChI is InChI=1S/C25H34N2O5S/c1-23(2,3)32-22(30)27-13-11-25(12-14-27)16-18-9-7-17(8-10-20(28)29)15-19(18)21(25)26-33(31)24(4,5)6/h7,9,15,21,26H,11-14,16H2,1-6H3,(H,28,29)/t21-,33?/m1/s1. The van der Waals surface area contributed by atoms with E-state index in [-0.39, 0.29) is 17.6 Å². The number of fused-ring (bicyclic) bond motifs is 1. The van der Waals surface area contributed by atoms with E-state index in [1.807, 2.05) is 59.7 Å². The second-order valence-electron chi connectivity index (χ2n) is 10.9. The van der Waals surface area contributed by atoms with E-state index in [1.54, 1.807) is 4.90 Å². The number of amides is 1. The third-order valence-corrected chi connectivity index (χ3v) is 7.68. The van der Waals surface area contributed by atoms with Gasteiger partial charge in [-0.25, -0.2) is 9.59 Å². The fraction of sp³-hybridized carbons (Fsp3) is 0.600. The number of rotatable bonds is 2. The molecule has 1 unspecified atom stereocenters. The smallest absolute Gasteiger partial charge is 0.410 e. The summed E-state index contributed by atoms with van der Waals surface area (Å²) < 4.78 is 21.6. The molecule has 0 bridgehead atoms. The average Bonchev–Trinajstić information content (AvgIpc) is 2.97. The molecule has 2 N–H and O–H groups in total. The topological polar surface area (TPSA) is 102 Å². The van der Waals surface area contributed by atoms with E-state index in [0.29, 0.717) is 18.7 Å². The van der Waals surface area contributed by atoms with Gasteiger partial charge in [-0.3, -0.25) is 0 Å². The number of carboxylic acid groups (broad SMARTS) is 1. The predicted octanol–water partition coefficient (Wildman–Crippen LogP) is 3.79. The molecule has 3 rings (SSSR count). The Morgan fingerprint density at radius 2 is 1.85 bits per heavy atom. The summed E-state index contributed by atoms with van der Waals surface area (Å²) in [6.07, 6.45) is 1.99. The van der Waals surface area contributed by atoms with E-state index >= 15 is 0 Å². The van der Waals surface area contributed by atoms with Crippen LogP contribution in [0.3, 0.4) is 0 Å². The molecule has 0 radical (unpaired) electrons. The zero-order valence-electron chi connectivity index (χ0n) is 20.3. The highest BCUT2D eigenvalue weighted by atomic mass is 32.2. The van der Waals surface area contributed by atoms with Crippen molar-refractivity contribution in [3.8, 4) is 11.8 Å². The van der Waals surface area contributed by atoms with E-state index < -0.39 is 27.7 Å². The largest absolute Gasteiger partial charge is 0.598 e. The van der Waals surface area contributed by atoms with Crippen LogP contribution in [0.5, 0.6) is 0 Å². The number of ether oxygens (including phenoxy) is 1. The van der Waals surface area contributed by atoms with Crippen molar-refractivity contribution in [3.05, 3.63) is 34.9 Å². The highest BCUT2D eigenvalue weighted by Gasteiger charge is 2.51. The van der Waals surface area contributed by atoms with Crippen LogP contribution < -0.4 is 4.72 Å². The number of benzene rings is 1. The van der Waals surface area contributed by atoms with Gasteiger partial charge in [-0.05, 0) is 84.1 Å². The lowest BCUT2D eigenvalue weighted by Crippen LogP contribution is -2.51. The van der Waals surface area contributed by atoms with Crippen LogP contribution in [0.15, 0.2) is 18.2 Å². The summed E-state index contributed by atoms with van der Waals surface area (Å²) in [6.45, 7) is 12.5. The van der Waals surface area contributed by atoms with Crippen LogP contribution >= 0.6 is 0 Å². The van der Waals surface area contributed by atoms with Gasteiger partial charge in [0.2, 0.25) is 0 Å². The van der Waals surface area contributed by atoms with Crippen molar-refractivity contribution in [2.45, 2.75) is 77.2 Å². The van der Waals surface area contributed by atoms with Crippen molar-refractivity contribution in [3.63, 3.8) is 0 Å². The highest BCUT2D eigenvalue weighted by molar-refractivity contribution is 7.90. The van der Waals surface area contributed by atoms with Crippen LogP contribution in [0.4, 0.5) is 4.79 Å². The summed E-state index contributed by atoms with van der Waals surface area (Å²) >= 11 is -1.30. The van der Waals surface area contributed by atoms with Crippen molar-refractivity contribution in [1.82, 2.24) is 9.62 Å². The maximum atomic E-state index is 13.1. The number of likely N-dealkylation sites (tertiary alicyclic amines) is 1. The molecule has 0 aromatic heterocycles. The minimum atomic E-state index is -1.30. The number of aliphatic carboxylic acids is 1. The van der Waals surface area contributed by atoms with Gasteiger partial charge in [0.25, 0.3) is 0 Å². The Labute approximate surface area is 199 Å². The number of carbonyl (C=O) groups is 2. The molecule has 8 heteroatoms. The highest BCUT2D eigenvalue weighted by Crippen LogP contribution is 2.53. The van der Waals surface area contributed by atoms with Crippen LogP contribution in [-0.2, 0) is 27.3 Å². The lowest BCUT2D eigenvalue weighted by Gasteiger charge is -2.43. The second kappa shape index (κ2) is 9.21. The minimum Gasteiger partial charge on any atom is -0.598 e. The van der Waals surface area contributed by atoms with E-state index in [4.69, 9.17) is 9.84 Å². The number of carboxylic acids is 1. The average molecular weight is 475 g/mol. The summed E-state index contributed by atoms with van der Waals surface area (Å²) in [5.74, 6) is 3.68. The Morgan fingerprint density at radius 3 is 2.39 bits per heavy atom. The second-order valence-corrected chi connectivity index (χ2v) is 12.9. The Morgan fingerprint density at radius 1 is 1.21 bits per heavy atom. The first-order valence-corrected chi connectivity index (χ1v) is 12.4. The molecule has 1 amide bonds. The summed E-state index contributed by atoms with van der Waals surface area (Å²) in [4.78, 5) is 25.2. The summed E-state index contributed by atoms with van der Waals surface area (Å²) in [6, 6.07) is 5.56. The maximum absolute atomic E-state index is 13.1. The zero-order chi connectivity index (χ0) is 24.6. The van der Waals surface area contributed by atoms with Gasteiger partial charge in [0.15, 0.2) is 0 Å². The predicted molar refractivity (Wildman–Crippen MR) is 128 cm³/mol. The number of piperidine rings is 1. The van der Waals surface area contributed by atoms with Crippen molar-refractivity contribution in [2.75, 3.05) is 13.1 Å². The quantitative estimate of drug-likeness (QED) is 0.500.